The van der Waals surface area contributed by atoms with E-state index in [0.29, 0.717) is 25.7 Å². The van der Waals surface area contributed by atoms with E-state index in [9.17, 15) is 20.4 Å². The molecule has 24 heavy (non-hydrogen) atoms. The minimum absolute atomic E-state index is 0.110. The van der Waals surface area contributed by atoms with Crippen LogP contribution in [-0.4, -0.2) is 46.9 Å². The molecule has 4 N–H and O–H groups in total. The van der Waals surface area contributed by atoms with Gasteiger partial charge in [-0.25, -0.2) is 0 Å². The monoisotopic (exact) mass is 344 g/mol. The van der Waals surface area contributed by atoms with E-state index >= 15 is 0 Å². The SMILES string of the molecule is OCCC1(CCO)CCCCCCCCCCC1(CCO)CCO. The Morgan fingerprint density at radius 3 is 0.917 bits per heavy atom. The molecule has 0 aromatic carbocycles. The van der Waals surface area contributed by atoms with Crippen LogP contribution in [0.1, 0.15) is 89.9 Å². The fourth-order valence-electron chi connectivity index (χ4n) is 5.18. The second-order valence-corrected chi connectivity index (χ2v) is 7.78. The number of hydrogen-bond acceptors (Lipinski definition) is 4. The summed E-state index contributed by atoms with van der Waals surface area (Å²) in [5.74, 6) is 0. The quantitative estimate of drug-likeness (QED) is 0.544. The van der Waals surface area contributed by atoms with Crippen LogP contribution in [0.15, 0.2) is 0 Å². The summed E-state index contributed by atoms with van der Waals surface area (Å²) in [4.78, 5) is 0. The van der Waals surface area contributed by atoms with Gasteiger partial charge in [-0.3, -0.25) is 0 Å². The summed E-state index contributed by atoms with van der Waals surface area (Å²) in [7, 11) is 0. The van der Waals surface area contributed by atoms with Crippen LogP contribution in [0, 0.1) is 10.8 Å². The normalized spacial score (nSPS) is 22.5. The maximum atomic E-state index is 9.76. The average molecular weight is 345 g/mol. The zero-order valence-electron chi connectivity index (χ0n) is 15.5. The molecule has 0 radical (unpaired) electrons. The van der Waals surface area contributed by atoms with Crippen LogP contribution >= 0.6 is 0 Å². The molecule has 0 saturated heterocycles. The maximum absolute atomic E-state index is 9.76. The molecule has 4 heteroatoms. The highest BCUT2D eigenvalue weighted by atomic mass is 16.3. The van der Waals surface area contributed by atoms with Gasteiger partial charge in [-0.15, -0.1) is 0 Å². The second-order valence-electron chi connectivity index (χ2n) is 7.78. The molecule has 0 bridgehead atoms. The summed E-state index contributed by atoms with van der Waals surface area (Å²) in [6, 6.07) is 0. The first-order valence-corrected chi connectivity index (χ1v) is 10.1. The fourth-order valence-corrected chi connectivity index (χ4v) is 5.18. The van der Waals surface area contributed by atoms with Crippen molar-refractivity contribution in [1.82, 2.24) is 0 Å². The van der Waals surface area contributed by atoms with Crippen molar-refractivity contribution in [2.24, 2.45) is 10.8 Å². The Morgan fingerprint density at radius 2 is 0.667 bits per heavy atom. The summed E-state index contributed by atoms with van der Waals surface area (Å²) in [6.45, 7) is 0.439. The Bertz CT molecular complexity index is 264. The van der Waals surface area contributed by atoms with E-state index in [4.69, 9.17) is 0 Å². The van der Waals surface area contributed by atoms with Gasteiger partial charge in [-0.05, 0) is 49.4 Å². The Labute approximate surface area is 148 Å². The molecule has 0 atom stereocenters. The number of aliphatic hydroxyl groups excluding tert-OH is 4. The highest BCUT2D eigenvalue weighted by Gasteiger charge is 2.48. The molecule has 4 nitrogen and oxygen atoms in total. The third-order valence-corrected chi connectivity index (χ3v) is 6.55. The Morgan fingerprint density at radius 1 is 0.417 bits per heavy atom. The number of hydrogen-bond donors (Lipinski definition) is 4. The largest absolute Gasteiger partial charge is 0.396 e. The van der Waals surface area contributed by atoms with Crippen LogP contribution in [0.5, 0.6) is 0 Å². The number of aliphatic hydroxyl groups is 4. The summed E-state index contributed by atoms with van der Waals surface area (Å²) in [5.41, 5.74) is -0.359. The molecule has 0 heterocycles. The minimum Gasteiger partial charge on any atom is -0.396 e. The molecule has 1 aliphatic carbocycles. The third-order valence-electron chi connectivity index (χ3n) is 6.55. The van der Waals surface area contributed by atoms with Gasteiger partial charge >= 0.3 is 0 Å². The first-order chi connectivity index (χ1) is 11.7. The van der Waals surface area contributed by atoms with Crippen molar-refractivity contribution >= 4 is 0 Å². The topological polar surface area (TPSA) is 80.9 Å². The smallest absolute Gasteiger partial charge is 0.0436 e. The summed E-state index contributed by atoms with van der Waals surface area (Å²) in [6.07, 6.45) is 14.4. The van der Waals surface area contributed by atoms with Crippen molar-refractivity contribution in [2.75, 3.05) is 26.4 Å². The van der Waals surface area contributed by atoms with E-state index in [1.165, 1.54) is 38.5 Å². The van der Waals surface area contributed by atoms with Gasteiger partial charge in [-0.2, -0.15) is 0 Å². The number of rotatable bonds is 8. The molecular weight excluding hydrogens is 304 g/mol. The molecular formula is C20H40O4. The van der Waals surface area contributed by atoms with Crippen LogP contribution in [-0.2, 0) is 0 Å². The molecule has 0 aromatic heterocycles. The molecule has 0 amide bonds. The van der Waals surface area contributed by atoms with Crippen LogP contribution in [0.3, 0.4) is 0 Å². The van der Waals surface area contributed by atoms with Gasteiger partial charge in [0.25, 0.3) is 0 Å². The lowest BCUT2D eigenvalue weighted by Crippen LogP contribution is -2.45. The summed E-state index contributed by atoms with van der Waals surface area (Å²) < 4.78 is 0. The molecule has 0 aromatic rings. The molecule has 1 rings (SSSR count). The van der Waals surface area contributed by atoms with Gasteiger partial charge in [0.2, 0.25) is 0 Å². The third kappa shape index (κ3) is 5.98. The zero-order valence-corrected chi connectivity index (χ0v) is 15.5. The molecule has 0 spiro atoms. The lowest BCUT2D eigenvalue weighted by molar-refractivity contribution is -0.0603. The van der Waals surface area contributed by atoms with Crippen molar-refractivity contribution in [3.05, 3.63) is 0 Å². The standard InChI is InChI=1S/C20H40O4/c21-15-11-19(12-16-22)9-7-5-3-1-2-4-6-8-10-20(19,13-17-23)14-18-24/h21-24H,1-18H2. The van der Waals surface area contributed by atoms with E-state index in [0.717, 1.165) is 25.7 Å². The predicted molar refractivity (Wildman–Crippen MR) is 97.8 cm³/mol. The highest BCUT2D eigenvalue weighted by Crippen LogP contribution is 2.56. The predicted octanol–water partition coefficient (Wildman–Crippen LogP) is 3.40. The van der Waals surface area contributed by atoms with Gasteiger partial charge in [0.15, 0.2) is 0 Å². The van der Waals surface area contributed by atoms with Crippen LogP contribution < -0.4 is 0 Å². The van der Waals surface area contributed by atoms with E-state index < -0.39 is 0 Å². The lowest BCUT2D eigenvalue weighted by Gasteiger charge is -2.52. The lowest BCUT2D eigenvalue weighted by atomic mass is 9.53. The van der Waals surface area contributed by atoms with Gasteiger partial charge < -0.3 is 20.4 Å². The van der Waals surface area contributed by atoms with Gasteiger partial charge in [-0.1, -0.05) is 51.4 Å². The van der Waals surface area contributed by atoms with Crippen LogP contribution in [0.2, 0.25) is 0 Å². The minimum atomic E-state index is -0.179. The van der Waals surface area contributed by atoms with Gasteiger partial charge in [0, 0.05) is 26.4 Å². The van der Waals surface area contributed by atoms with E-state index in [1.54, 1.807) is 0 Å². The summed E-state index contributed by atoms with van der Waals surface area (Å²) in [5, 5.41) is 39.0. The Hall–Kier alpha value is -0.160. The van der Waals surface area contributed by atoms with Crippen molar-refractivity contribution in [3.8, 4) is 0 Å². The van der Waals surface area contributed by atoms with Crippen LogP contribution in [0.4, 0.5) is 0 Å². The highest BCUT2D eigenvalue weighted by molar-refractivity contribution is 4.98. The van der Waals surface area contributed by atoms with E-state index in [2.05, 4.69) is 0 Å². The second kappa shape index (κ2) is 12.2. The van der Waals surface area contributed by atoms with E-state index in [1.807, 2.05) is 0 Å². The molecule has 144 valence electrons. The maximum Gasteiger partial charge on any atom is 0.0436 e. The molecule has 0 unspecified atom stereocenters. The Kier molecular flexibility index (Phi) is 11.2. The van der Waals surface area contributed by atoms with Gasteiger partial charge in [0.1, 0.15) is 0 Å². The molecule has 1 aliphatic rings. The molecule has 1 fully saturated rings. The van der Waals surface area contributed by atoms with Crippen LogP contribution in [0.25, 0.3) is 0 Å². The van der Waals surface area contributed by atoms with Crippen molar-refractivity contribution in [3.63, 3.8) is 0 Å². The first kappa shape index (κ1) is 21.9. The van der Waals surface area contributed by atoms with Gasteiger partial charge in [0.05, 0.1) is 0 Å². The van der Waals surface area contributed by atoms with Crippen molar-refractivity contribution < 1.29 is 20.4 Å². The fraction of sp³-hybridized carbons (Fsp3) is 1.00. The van der Waals surface area contributed by atoms with Crippen molar-refractivity contribution in [1.29, 1.82) is 0 Å². The molecule has 1 saturated carbocycles. The summed E-state index contributed by atoms with van der Waals surface area (Å²) >= 11 is 0. The van der Waals surface area contributed by atoms with Crippen molar-refractivity contribution in [2.45, 2.75) is 89.9 Å². The van der Waals surface area contributed by atoms with E-state index in [-0.39, 0.29) is 37.3 Å². The zero-order chi connectivity index (χ0) is 17.7. The first-order valence-electron chi connectivity index (χ1n) is 10.1. The average Bonchev–Trinajstić information content (AvgIpc) is 2.55. The molecule has 0 aliphatic heterocycles. The Balaban J connectivity index is 3.15.